The zero-order chi connectivity index (χ0) is 21.7. The lowest BCUT2D eigenvalue weighted by molar-refractivity contribution is -0.277. The highest BCUT2D eigenvalue weighted by molar-refractivity contribution is 5.56. The van der Waals surface area contributed by atoms with Gasteiger partial charge in [-0.15, -0.1) is 0 Å². The molecule has 2 aromatic carbocycles. The highest BCUT2D eigenvalue weighted by atomic mass is 16.7. The van der Waals surface area contributed by atoms with Gasteiger partial charge in [0.15, 0.2) is 0 Å². The van der Waals surface area contributed by atoms with Gasteiger partial charge in [-0.25, -0.2) is 4.79 Å². The van der Waals surface area contributed by atoms with E-state index in [9.17, 15) is 20.1 Å². The quantitative estimate of drug-likeness (QED) is 0.487. The Morgan fingerprint density at radius 1 is 1.00 bits per heavy atom. The molecule has 30 heavy (non-hydrogen) atoms. The summed E-state index contributed by atoms with van der Waals surface area (Å²) in [5.41, 5.74) is 1.80. The van der Waals surface area contributed by atoms with Crippen LogP contribution in [0.5, 0.6) is 11.5 Å². The van der Waals surface area contributed by atoms with Crippen molar-refractivity contribution in [1.82, 2.24) is 0 Å². The van der Waals surface area contributed by atoms with E-state index in [-0.39, 0.29) is 0 Å². The molecular formula is C21H24O9. The molecule has 1 aliphatic rings. The van der Waals surface area contributed by atoms with Crippen LogP contribution in [0.25, 0.3) is 0 Å². The first kappa shape index (κ1) is 21.8. The van der Waals surface area contributed by atoms with Crippen molar-refractivity contribution in [1.29, 1.82) is 0 Å². The second-order valence-electron chi connectivity index (χ2n) is 6.84. The molecule has 5 unspecified atom stereocenters. The molecule has 1 aliphatic heterocycles. The van der Waals surface area contributed by atoms with Crippen molar-refractivity contribution >= 4 is 6.16 Å². The first-order valence-corrected chi connectivity index (χ1v) is 9.32. The van der Waals surface area contributed by atoms with Gasteiger partial charge >= 0.3 is 6.16 Å². The first-order valence-electron chi connectivity index (χ1n) is 9.32. The van der Waals surface area contributed by atoms with Gasteiger partial charge in [-0.05, 0) is 29.3 Å². The van der Waals surface area contributed by atoms with Crippen LogP contribution < -0.4 is 9.47 Å². The molecule has 2 aromatic rings. The molecule has 0 amide bonds. The van der Waals surface area contributed by atoms with E-state index in [1.165, 1.54) is 0 Å². The number of carboxylic acid groups (broad SMARTS) is 1. The fraction of sp³-hybridized carbons (Fsp3) is 0.381. The Bertz CT molecular complexity index is 839. The summed E-state index contributed by atoms with van der Waals surface area (Å²) < 4.78 is 20.9. The predicted octanol–water partition coefficient (Wildman–Crippen LogP) is 1.17. The summed E-state index contributed by atoms with van der Waals surface area (Å²) in [6, 6.07) is 14.7. The molecule has 1 heterocycles. The highest BCUT2D eigenvalue weighted by Crippen LogP contribution is 2.28. The molecule has 0 aromatic heterocycles. The van der Waals surface area contributed by atoms with Crippen LogP contribution in [0.3, 0.4) is 0 Å². The first-order chi connectivity index (χ1) is 14.4. The van der Waals surface area contributed by atoms with Crippen molar-refractivity contribution in [3.63, 3.8) is 0 Å². The lowest BCUT2D eigenvalue weighted by Gasteiger charge is -2.40. The number of rotatable bonds is 7. The number of methoxy groups -OCH3 is 1. The molecule has 1 saturated heterocycles. The van der Waals surface area contributed by atoms with Crippen LogP contribution in [0.2, 0.25) is 0 Å². The van der Waals surface area contributed by atoms with Gasteiger partial charge in [0.1, 0.15) is 42.5 Å². The van der Waals surface area contributed by atoms with Crippen LogP contribution in [0.1, 0.15) is 11.1 Å². The van der Waals surface area contributed by atoms with E-state index in [4.69, 9.17) is 19.3 Å². The molecule has 1 fully saturated rings. The van der Waals surface area contributed by atoms with Gasteiger partial charge in [0.05, 0.1) is 7.11 Å². The van der Waals surface area contributed by atoms with Gasteiger partial charge < -0.3 is 39.4 Å². The number of ether oxygens (including phenoxy) is 4. The van der Waals surface area contributed by atoms with E-state index in [1.807, 2.05) is 36.4 Å². The van der Waals surface area contributed by atoms with E-state index >= 15 is 0 Å². The molecule has 0 bridgehead atoms. The maximum atomic E-state index is 10.6. The van der Waals surface area contributed by atoms with Crippen LogP contribution in [-0.2, 0) is 15.9 Å². The van der Waals surface area contributed by atoms with Gasteiger partial charge in [-0.3, -0.25) is 0 Å². The Morgan fingerprint density at radius 3 is 2.37 bits per heavy atom. The SMILES string of the molecule is COc1ccc(Cc2ccccc2OC2OC(COC(=O)O)C(O)C(O)C2O)cc1. The topological polar surface area (TPSA) is 135 Å². The van der Waals surface area contributed by atoms with Gasteiger partial charge in [0.25, 0.3) is 0 Å². The third-order valence-electron chi connectivity index (χ3n) is 4.81. The van der Waals surface area contributed by atoms with Crippen LogP contribution >= 0.6 is 0 Å². The minimum Gasteiger partial charge on any atom is -0.497 e. The number of aliphatic hydroxyl groups excluding tert-OH is 3. The maximum absolute atomic E-state index is 10.6. The fourth-order valence-corrected chi connectivity index (χ4v) is 3.16. The van der Waals surface area contributed by atoms with E-state index in [0.29, 0.717) is 12.2 Å². The molecule has 5 atom stereocenters. The Hall–Kier alpha value is -2.85. The lowest BCUT2D eigenvalue weighted by atomic mass is 9.99. The van der Waals surface area contributed by atoms with Crippen LogP contribution in [0, 0.1) is 0 Å². The minimum absolute atomic E-state index is 0.416. The van der Waals surface area contributed by atoms with E-state index in [0.717, 1.165) is 16.9 Å². The van der Waals surface area contributed by atoms with Crippen molar-refractivity contribution in [2.45, 2.75) is 37.1 Å². The highest BCUT2D eigenvalue weighted by Gasteiger charge is 2.45. The molecule has 0 radical (unpaired) electrons. The smallest absolute Gasteiger partial charge is 0.497 e. The van der Waals surface area contributed by atoms with Crippen molar-refractivity contribution in [3.05, 3.63) is 59.7 Å². The second kappa shape index (κ2) is 9.77. The summed E-state index contributed by atoms with van der Waals surface area (Å²) in [5.74, 6) is 1.16. The minimum atomic E-state index is -1.60. The summed E-state index contributed by atoms with van der Waals surface area (Å²) in [6.45, 7) is -0.520. The monoisotopic (exact) mass is 420 g/mol. The van der Waals surface area contributed by atoms with Crippen LogP contribution in [0.15, 0.2) is 48.5 Å². The van der Waals surface area contributed by atoms with Gasteiger partial charge in [0.2, 0.25) is 6.29 Å². The van der Waals surface area contributed by atoms with Crippen molar-refractivity contribution in [3.8, 4) is 11.5 Å². The zero-order valence-electron chi connectivity index (χ0n) is 16.2. The summed E-state index contributed by atoms with van der Waals surface area (Å²) >= 11 is 0. The summed E-state index contributed by atoms with van der Waals surface area (Å²) in [7, 11) is 1.59. The zero-order valence-corrected chi connectivity index (χ0v) is 16.2. The standard InChI is InChI=1S/C21H24O9/c1-27-14-8-6-12(7-9-14)10-13-4-2-3-5-15(13)29-20-19(24)18(23)17(22)16(30-20)11-28-21(25)26/h2-9,16-20,22-24H,10-11H2,1H3,(H,25,26). The van der Waals surface area contributed by atoms with Crippen molar-refractivity contribution in [2.75, 3.05) is 13.7 Å². The third kappa shape index (κ3) is 5.19. The Balaban J connectivity index is 1.74. The normalized spacial score (nSPS) is 26.1. The molecule has 162 valence electrons. The molecule has 0 aliphatic carbocycles. The van der Waals surface area contributed by atoms with E-state index in [1.54, 1.807) is 19.2 Å². The Kier molecular flexibility index (Phi) is 7.11. The largest absolute Gasteiger partial charge is 0.505 e. The molecular weight excluding hydrogens is 396 g/mol. The molecule has 4 N–H and O–H groups in total. The molecule has 3 rings (SSSR count). The number of benzene rings is 2. The summed E-state index contributed by atoms with van der Waals surface area (Å²) in [6.07, 6.45) is -8.22. The van der Waals surface area contributed by atoms with Crippen molar-refractivity contribution < 1.29 is 44.2 Å². The number of aliphatic hydroxyl groups is 3. The lowest BCUT2D eigenvalue weighted by Crippen LogP contribution is -2.60. The van der Waals surface area contributed by atoms with E-state index in [2.05, 4.69) is 4.74 Å². The number of carbonyl (C=O) groups is 1. The summed E-state index contributed by atoms with van der Waals surface area (Å²) in [5, 5.41) is 39.1. The van der Waals surface area contributed by atoms with Crippen LogP contribution in [0.4, 0.5) is 4.79 Å². The average molecular weight is 420 g/mol. The molecule has 0 spiro atoms. The molecule has 9 nitrogen and oxygen atoms in total. The van der Waals surface area contributed by atoms with E-state index < -0.39 is 43.5 Å². The third-order valence-corrected chi connectivity index (χ3v) is 4.81. The van der Waals surface area contributed by atoms with Crippen LogP contribution in [-0.4, -0.2) is 71.0 Å². The molecule has 0 saturated carbocycles. The Labute approximate surface area is 173 Å². The fourth-order valence-electron chi connectivity index (χ4n) is 3.16. The summed E-state index contributed by atoms with van der Waals surface area (Å²) in [4.78, 5) is 10.6. The predicted molar refractivity (Wildman–Crippen MR) is 104 cm³/mol. The van der Waals surface area contributed by atoms with Crippen molar-refractivity contribution in [2.24, 2.45) is 0 Å². The number of para-hydroxylation sites is 1. The average Bonchev–Trinajstić information content (AvgIpc) is 2.75. The van der Waals surface area contributed by atoms with Gasteiger partial charge in [-0.1, -0.05) is 30.3 Å². The Morgan fingerprint density at radius 2 is 1.70 bits per heavy atom. The molecule has 9 heteroatoms. The number of hydrogen-bond acceptors (Lipinski definition) is 8. The van der Waals surface area contributed by atoms with Gasteiger partial charge in [0, 0.05) is 6.42 Å². The number of hydrogen-bond donors (Lipinski definition) is 4. The second-order valence-corrected chi connectivity index (χ2v) is 6.84. The van der Waals surface area contributed by atoms with Gasteiger partial charge in [-0.2, -0.15) is 0 Å². The maximum Gasteiger partial charge on any atom is 0.505 e.